The minimum Gasteiger partial charge on any atom is -0.435 e. The lowest BCUT2D eigenvalue weighted by Gasteiger charge is -2.32. The van der Waals surface area contributed by atoms with E-state index in [2.05, 4.69) is 4.98 Å². The summed E-state index contributed by atoms with van der Waals surface area (Å²) >= 11 is 0. The molecule has 1 amide bonds. The Morgan fingerprint density at radius 2 is 2.20 bits per heavy atom. The third-order valence-corrected chi connectivity index (χ3v) is 4.41. The zero-order chi connectivity index (χ0) is 18.0. The minimum absolute atomic E-state index is 0.167. The molecule has 1 aliphatic heterocycles. The van der Waals surface area contributed by atoms with Crippen molar-refractivity contribution in [3.8, 4) is 0 Å². The molecule has 0 aliphatic carbocycles. The molecular weight excluding hydrogens is 323 g/mol. The third kappa shape index (κ3) is 3.74. The Bertz CT molecular complexity index is 772. The van der Waals surface area contributed by atoms with Crippen molar-refractivity contribution in [1.82, 2.24) is 9.88 Å². The molecule has 0 radical (unpaired) electrons. The molecule has 6 heteroatoms. The number of aromatic nitrogens is 1. The van der Waals surface area contributed by atoms with E-state index in [4.69, 9.17) is 9.15 Å². The Morgan fingerprint density at radius 3 is 2.92 bits per heavy atom. The molecule has 25 heavy (non-hydrogen) atoms. The average molecular weight is 346 g/mol. The number of morpholine rings is 1. The van der Waals surface area contributed by atoms with Crippen LogP contribution in [0.3, 0.4) is 0 Å². The summed E-state index contributed by atoms with van der Waals surface area (Å²) in [4.78, 5) is 18.9. The van der Waals surface area contributed by atoms with Gasteiger partial charge in [0.1, 0.15) is 11.9 Å². The smallest absolute Gasteiger partial charge is 0.291 e. The zero-order valence-electron chi connectivity index (χ0n) is 14.8. The van der Waals surface area contributed by atoms with E-state index in [0.29, 0.717) is 49.0 Å². The maximum absolute atomic E-state index is 13.5. The highest BCUT2D eigenvalue weighted by Crippen LogP contribution is 2.25. The van der Waals surface area contributed by atoms with Gasteiger partial charge in [-0.25, -0.2) is 9.37 Å². The summed E-state index contributed by atoms with van der Waals surface area (Å²) in [5, 5.41) is 0. The van der Waals surface area contributed by atoms with Gasteiger partial charge in [-0.1, -0.05) is 19.1 Å². The van der Waals surface area contributed by atoms with Crippen LogP contribution in [-0.4, -0.2) is 35.5 Å². The fourth-order valence-corrected chi connectivity index (χ4v) is 3.02. The van der Waals surface area contributed by atoms with Crippen molar-refractivity contribution >= 4 is 5.91 Å². The summed E-state index contributed by atoms with van der Waals surface area (Å²) in [5.74, 6) is 0.495. The summed E-state index contributed by atoms with van der Waals surface area (Å²) < 4.78 is 24.9. The number of hydrogen-bond acceptors (Lipinski definition) is 4. The predicted octanol–water partition coefficient (Wildman–Crippen LogP) is 3.60. The van der Waals surface area contributed by atoms with Crippen LogP contribution in [0.25, 0.3) is 0 Å². The highest BCUT2D eigenvalue weighted by Gasteiger charge is 2.29. The Hall–Kier alpha value is -2.21. The van der Waals surface area contributed by atoms with E-state index in [-0.39, 0.29) is 17.8 Å². The highest BCUT2D eigenvalue weighted by atomic mass is 19.1. The fraction of sp³-hybridized carbons (Fsp3) is 0.474. The van der Waals surface area contributed by atoms with Gasteiger partial charge in [-0.15, -0.1) is 0 Å². The van der Waals surface area contributed by atoms with Crippen LogP contribution in [0.1, 0.15) is 52.7 Å². The predicted molar refractivity (Wildman–Crippen MR) is 91.0 cm³/mol. The first-order valence-corrected chi connectivity index (χ1v) is 8.62. The van der Waals surface area contributed by atoms with Crippen LogP contribution in [0.2, 0.25) is 0 Å². The van der Waals surface area contributed by atoms with Gasteiger partial charge in [-0.05, 0) is 37.5 Å². The van der Waals surface area contributed by atoms with Gasteiger partial charge >= 0.3 is 0 Å². The van der Waals surface area contributed by atoms with Crippen LogP contribution in [-0.2, 0) is 11.2 Å². The molecule has 1 saturated heterocycles. The Balaban J connectivity index is 1.76. The monoisotopic (exact) mass is 346 g/mol. The molecule has 1 atom stereocenters. The van der Waals surface area contributed by atoms with Gasteiger partial charge in [0, 0.05) is 13.0 Å². The third-order valence-electron chi connectivity index (χ3n) is 4.41. The normalized spacial score (nSPS) is 17.8. The topological polar surface area (TPSA) is 55.6 Å². The van der Waals surface area contributed by atoms with Gasteiger partial charge in [0.25, 0.3) is 5.91 Å². The van der Waals surface area contributed by atoms with Crippen LogP contribution >= 0.6 is 0 Å². The Kier molecular flexibility index (Phi) is 5.18. The largest absolute Gasteiger partial charge is 0.435 e. The molecule has 1 aromatic heterocycles. The van der Waals surface area contributed by atoms with Crippen molar-refractivity contribution < 1.29 is 18.3 Å². The van der Waals surface area contributed by atoms with E-state index in [0.717, 1.165) is 12.0 Å². The van der Waals surface area contributed by atoms with Crippen LogP contribution in [0.4, 0.5) is 4.39 Å². The molecule has 2 heterocycles. The molecule has 2 aromatic rings. The first-order valence-electron chi connectivity index (χ1n) is 8.62. The van der Waals surface area contributed by atoms with Crippen molar-refractivity contribution in [1.29, 1.82) is 0 Å². The molecule has 0 bridgehead atoms. The first kappa shape index (κ1) is 17.6. The van der Waals surface area contributed by atoms with Crippen LogP contribution in [0.5, 0.6) is 0 Å². The van der Waals surface area contributed by atoms with Crippen LogP contribution in [0, 0.1) is 19.7 Å². The number of ether oxygens (including phenoxy) is 1. The lowest BCUT2D eigenvalue weighted by molar-refractivity contribution is -0.0238. The second kappa shape index (κ2) is 7.35. The maximum Gasteiger partial charge on any atom is 0.291 e. The lowest BCUT2D eigenvalue weighted by Crippen LogP contribution is -2.42. The molecule has 3 rings (SSSR count). The molecule has 0 N–H and O–H groups in total. The summed E-state index contributed by atoms with van der Waals surface area (Å²) in [5.41, 5.74) is 2.06. The standard InChI is InChI=1S/C19H23FN2O3/c1-4-5-17-21-13(3)18(25-17)19(23)22-8-9-24-16(11-22)14-6-7-15(20)12(2)10-14/h6-7,10,16H,4-5,8-9,11H2,1-3H3. The van der Waals surface area contributed by atoms with E-state index < -0.39 is 0 Å². The number of amides is 1. The van der Waals surface area contributed by atoms with Crippen LogP contribution < -0.4 is 0 Å². The number of rotatable bonds is 4. The molecule has 5 nitrogen and oxygen atoms in total. The number of halogens is 1. The Labute approximate surface area is 146 Å². The SMILES string of the molecule is CCCc1nc(C)c(C(=O)N2CCOC(c3ccc(F)c(C)c3)C2)o1. The average Bonchev–Trinajstić information content (AvgIpc) is 2.97. The van der Waals surface area contributed by atoms with Gasteiger partial charge in [0.2, 0.25) is 5.76 Å². The number of hydrogen-bond donors (Lipinski definition) is 0. The molecule has 0 spiro atoms. The van der Waals surface area contributed by atoms with Gasteiger partial charge in [-0.3, -0.25) is 4.79 Å². The van der Waals surface area contributed by atoms with Crippen molar-refractivity contribution in [2.24, 2.45) is 0 Å². The molecule has 1 unspecified atom stereocenters. The molecular formula is C19H23FN2O3. The van der Waals surface area contributed by atoms with E-state index in [1.807, 2.05) is 6.92 Å². The van der Waals surface area contributed by atoms with E-state index in [9.17, 15) is 9.18 Å². The zero-order valence-corrected chi connectivity index (χ0v) is 14.8. The van der Waals surface area contributed by atoms with E-state index in [1.165, 1.54) is 6.07 Å². The van der Waals surface area contributed by atoms with E-state index in [1.54, 1.807) is 30.9 Å². The number of carbonyl (C=O) groups excluding carboxylic acids is 1. The number of benzene rings is 1. The summed E-state index contributed by atoms with van der Waals surface area (Å²) in [6.07, 6.45) is 1.36. The van der Waals surface area contributed by atoms with Crippen molar-refractivity contribution in [2.45, 2.75) is 39.7 Å². The fourth-order valence-electron chi connectivity index (χ4n) is 3.02. The van der Waals surface area contributed by atoms with Crippen LogP contribution in [0.15, 0.2) is 22.6 Å². The summed E-state index contributed by atoms with van der Waals surface area (Å²) in [6, 6.07) is 4.92. The summed E-state index contributed by atoms with van der Waals surface area (Å²) in [7, 11) is 0. The van der Waals surface area contributed by atoms with Crippen molar-refractivity contribution in [2.75, 3.05) is 19.7 Å². The number of carbonyl (C=O) groups is 1. The van der Waals surface area contributed by atoms with Crippen molar-refractivity contribution in [3.63, 3.8) is 0 Å². The second-order valence-electron chi connectivity index (χ2n) is 6.39. The first-order chi connectivity index (χ1) is 12.0. The van der Waals surface area contributed by atoms with E-state index >= 15 is 0 Å². The number of oxazole rings is 1. The molecule has 1 aromatic carbocycles. The molecule has 1 fully saturated rings. The van der Waals surface area contributed by atoms with Gasteiger partial charge in [-0.2, -0.15) is 0 Å². The molecule has 134 valence electrons. The molecule has 0 saturated carbocycles. The second-order valence-corrected chi connectivity index (χ2v) is 6.39. The highest BCUT2D eigenvalue weighted by molar-refractivity contribution is 5.92. The Morgan fingerprint density at radius 1 is 1.40 bits per heavy atom. The van der Waals surface area contributed by atoms with Gasteiger partial charge < -0.3 is 14.1 Å². The molecule has 1 aliphatic rings. The maximum atomic E-state index is 13.5. The van der Waals surface area contributed by atoms with Gasteiger partial charge in [0.05, 0.1) is 18.8 Å². The quantitative estimate of drug-likeness (QED) is 0.849. The number of nitrogens with zero attached hydrogens (tertiary/aromatic N) is 2. The van der Waals surface area contributed by atoms with Crippen molar-refractivity contribution in [3.05, 3.63) is 52.5 Å². The van der Waals surface area contributed by atoms with Gasteiger partial charge in [0.15, 0.2) is 5.89 Å². The lowest BCUT2D eigenvalue weighted by atomic mass is 10.0. The minimum atomic E-state index is -0.268. The number of aryl methyl sites for hydroxylation is 3. The summed E-state index contributed by atoms with van der Waals surface area (Å²) in [6.45, 7) is 6.89.